The third-order valence-corrected chi connectivity index (χ3v) is 4.57. The maximum Gasteiger partial charge on any atom is 0.248 e. The first-order chi connectivity index (χ1) is 11.9. The molecule has 25 heavy (non-hydrogen) atoms. The first-order valence-electron chi connectivity index (χ1n) is 7.31. The van der Waals surface area contributed by atoms with E-state index in [4.69, 9.17) is 17.3 Å². The standard InChI is InChI=1S/C16H14ClN5O2S/c1-8(15(24)20-11-4-2-9(3-5-11)13(18)23)25-16-21-12-6-10(17)7-19-14(12)22-16/h2-8H,1H3,(H2,18,23)(H,20,24)(H,19,21,22)/t8-/m0/s1. The smallest absolute Gasteiger partial charge is 0.248 e. The van der Waals surface area contributed by atoms with Crippen LogP contribution in [0.3, 0.4) is 0 Å². The van der Waals surface area contributed by atoms with Crippen LogP contribution in [0.5, 0.6) is 0 Å². The number of hydrogen-bond acceptors (Lipinski definition) is 5. The molecule has 9 heteroatoms. The van der Waals surface area contributed by atoms with Gasteiger partial charge in [-0.05, 0) is 37.3 Å². The zero-order valence-corrected chi connectivity index (χ0v) is 14.7. The van der Waals surface area contributed by atoms with Gasteiger partial charge in [0.1, 0.15) is 0 Å². The van der Waals surface area contributed by atoms with Crippen molar-refractivity contribution in [1.29, 1.82) is 0 Å². The molecule has 1 aromatic carbocycles. The van der Waals surface area contributed by atoms with E-state index in [0.717, 1.165) is 0 Å². The number of nitrogens with one attached hydrogen (secondary N) is 2. The molecule has 0 unspecified atom stereocenters. The van der Waals surface area contributed by atoms with Crippen molar-refractivity contribution in [2.24, 2.45) is 5.73 Å². The van der Waals surface area contributed by atoms with Crippen molar-refractivity contribution < 1.29 is 9.59 Å². The first kappa shape index (κ1) is 17.2. The Hall–Kier alpha value is -2.58. The fraction of sp³-hybridized carbons (Fsp3) is 0.125. The summed E-state index contributed by atoms with van der Waals surface area (Å²) in [6.07, 6.45) is 1.52. The number of pyridine rings is 1. The Labute approximate surface area is 152 Å². The minimum Gasteiger partial charge on any atom is -0.366 e. The molecule has 0 spiro atoms. The number of H-pyrrole nitrogens is 1. The van der Waals surface area contributed by atoms with Crippen LogP contribution in [0.15, 0.2) is 41.7 Å². The molecule has 0 saturated heterocycles. The Kier molecular flexibility index (Phi) is 4.91. The minimum atomic E-state index is -0.514. The molecule has 0 bridgehead atoms. The van der Waals surface area contributed by atoms with Gasteiger partial charge in [0.05, 0.1) is 15.8 Å². The summed E-state index contributed by atoms with van der Waals surface area (Å²) in [4.78, 5) is 34.9. The van der Waals surface area contributed by atoms with Crippen LogP contribution in [0.25, 0.3) is 11.2 Å². The number of anilines is 1. The van der Waals surface area contributed by atoms with Crippen molar-refractivity contribution in [3.05, 3.63) is 47.1 Å². The monoisotopic (exact) mass is 375 g/mol. The van der Waals surface area contributed by atoms with Gasteiger partial charge < -0.3 is 16.0 Å². The van der Waals surface area contributed by atoms with Gasteiger partial charge in [-0.25, -0.2) is 9.97 Å². The lowest BCUT2D eigenvalue weighted by atomic mass is 10.2. The molecule has 7 nitrogen and oxygen atoms in total. The second-order valence-corrected chi connectivity index (χ2v) is 7.02. The number of rotatable bonds is 5. The first-order valence-corrected chi connectivity index (χ1v) is 8.57. The Bertz CT molecular complexity index is 941. The van der Waals surface area contributed by atoms with Crippen molar-refractivity contribution >= 4 is 52.0 Å². The molecule has 0 fully saturated rings. The quantitative estimate of drug-likeness (QED) is 0.593. The van der Waals surface area contributed by atoms with Gasteiger partial charge in [-0.2, -0.15) is 0 Å². The number of halogens is 1. The van der Waals surface area contributed by atoms with Gasteiger partial charge in [0.2, 0.25) is 11.8 Å². The highest BCUT2D eigenvalue weighted by Gasteiger charge is 2.17. The number of thioether (sulfide) groups is 1. The molecule has 4 N–H and O–H groups in total. The zero-order chi connectivity index (χ0) is 18.0. The average Bonchev–Trinajstić information content (AvgIpc) is 2.96. The lowest BCUT2D eigenvalue weighted by molar-refractivity contribution is -0.115. The SMILES string of the molecule is C[C@H](Sc1nc2ncc(Cl)cc2[nH]1)C(=O)Nc1ccc(C(N)=O)cc1. The number of carbonyl (C=O) groups is 2. The number of primary amides is 1. The molecule has 0 aliphatic rings. The van der Waals surface area contributed by atoms with E-state index >= 15 is 0 Å². The lowest BCUT2D eigenvalue weighted by Gasteiger charge is -2.10. The number of benzene rings is 1. The van der Waals surface area contributed by atoms with Crippen LogP contribution in [0, 0.1) is 0 Å². The maximum atomic E-state index is 12.3. The van der Waals surface area contributed by atoms with Crippen LogP contribution in [-0.4, -0.2) is 32.0 Å². The number of aromatic amines is 1. The number of carbonyl (C=O) groups excluding carboxylic acids is 2. The molecule has 2 amide bonds. The van der Waals surface area contributed by atoms with Crippen molar-refractivity contribution in [3.63, 3.8) is 0 Å². The van der Waals surface area contributed by atoms with Crippen LogP contribution in [0.4, 0.5) is 5.69 Å². The van der Waals surface area contributed by atoms with E-state index in [2.05, 4.69) is 20.3 Å². The summed E-state index contributed by atoms with van der Waals surface area (Å²) in [5.74, 6) is -0.705. The van der Waals surface area contributed by atoms with E-state index in [1.165, 1.54) is 18.0 Å². The van der Waals surface area contributed by atoms with Crippen LogP contribution in [-0.2, 0) is 4.79 Å². The molecule has 3 aromatic rings. The number of imidazole rings is 1. The highest BCUT2D eigenvalue weighted by molar-refractivity contribution is 8.00. The summed E-state index contributed by atoms with van der Waals surface area (Å²) in [7, 11) is 0. The fourth-order valence-corrected chi connectivity index (χ4v) is 3.06. The highest BCUT2D eigenvalue weighted by atomic mass is 35.5. The number of fused-ring (bicyclic) bond motifs is 1. The van der Waals surface area contributed by atoms with Crippen molar-refractivity contribution in [2.45, 2.75) is 17.3 Å². The molecule has 0 saturated carbocycles. The normalized spacial score (nSPS) is 12.1. The van der Waals surface area contributed by atoms with Crippen molar-refractivity contribution in [3.8, 4) is 0 Å². The summed E-state index contributed by atoms with van der Waals surface area (Å²) >= 11 is 7.17. The summed E-state index contributed by atoms with van der Waals surface area (Å²) in [6.45, 7) is 1.77. The highest BCUT2D eigenvalue weighted by Crippen LogP contribution is 2.24. The molecule has 128 valence electrons. The number of nitrogens with two attached hydrogens (primary N) is 1. The van der Waals surface area contributed by atoms with Crippen LogP contribution < -0.4 is 11.1 Å². The Balaban J connectivity index is 1.66. The third kappa shape index (κ3) is 4.09. The van der Waals surface area contributed by atoms with E-state index in [1.807, 2.05) is 0 Å². The van der Waals surface area contributed by atoms with E-state index < -0.39 is 11.2 Å². The van der Waals surface area contributed by atoms with Gasteiger partial charge in [-0.15, -0.1) is 0 Å². The largest absolute Gasteiger partial charge is 0.366 e. The Morgan fingerprint density at radius 3 is 2.72 bits per heavy atom. The molecular formula is C16H14ClN5O2S. The van der Waals surface area contributed by atoms with Gasteiger partial charge in [-0.3, -0.25) is 9.59 Å². The van der Waals surface area contributed by atoms with E-state index in [-0.39, 0.29) is 5.91 Å². The average molecular weight is 376 g/mol. The molecule has 0 aliphatic heterocycles. The molecule has 1 atom stereocenters. The number of hydrogen-bond donors (Lipinski definition) is 3. The minimum absolute atomic E-state index is 0.191. The molecule has 0 radical (unpaired) electrons. The van der Waals surface area contributed by atoms with Gasteiger partial charge in [0, 0.05) is 17.4 Å². The van der Waals surface area contributed by atoms with Crippen LogP contribution >= 0.6 is 23.4 Å². The van der Waals surface area contributed by atoms with Gasteiger partial charge in [-0.1, -0.05) is 23.4 Å². The van der Waals surface area contributed by atoms with Crippen molar-refractivity contribution in [2.75, 3.05) is 5.32 Å². The molecule has 2 heterocycles. The van der Waals surface area contributed by atoms with E-state index in [9.17, 15) is 9.59 Å². The predicted molar refractivity (Wildman–Crippen MR) is 97.8 cm³/mol. The molecule has 3 rings (SSSR count). The molecule has 2 aromatic heterocycles. The predicted octanol–water partition coefficient (Wildman–Crippen LogP) is 2.83. The summed E-state index contributed by atoms with van der Waals surface area (Å²) in [6, 6.07) is 8.10. The lowest BCUT2D eigenvalue weighted by Crippen LogP contribution is -2.22. The van der Waals surface area contributed by atoms with E-state index in [1.54, 1.807) is 37.3 Å². The van der Waals surface area contributed by atoms with Crippen molar-refractivity contribution in [1.82, 2.24) is 15.0 Å². The van der Waals surface area contributed by atoms with Crippen LogP contribution in [0.2, 0.25) is 5.02 Å². The summed E-state index contributed by atoms with van der Waals surface area (Å²) in [5, 5.41) is 3.48. The Morgan fingerprint density at radius 2 is 2.04 bits per heavy atom. The second-order valence-electron chi connectivity index (χ2n) is 5.26. The number of aromatic nitrogens is 3. The summed E-state index contributed by atoms with van der Waals surface area (Å²) < 4.78 is 0. The van der Waals surface area contributed by atoms with Gasteiger partial charge in [0.15, 0.2) is 10.8 Å². The number of amides is 2. The van der Waals surface area contributed by atoms with E-state index in [0.29, 0.717) is 32.6 Å². The summed E-state index contributed by atoms with van der Waals surface area (Å²) in [5.41, 5.74) is 7.41. The molecular weight excluding hydrogens is 362 g/mol. The maximum absolute atomic E-state index is 12.3. The fourth-order valence-electron chi connectivity index (χ4n) is 2.09. The Morgan fingerprint density at radius 1 is 1.32 bits per heavy atom. The molecule has 0 aliphatic carbocycles. The number of nitrogens with zero attached hydrogens (tertiary/aromatic N) is 2. The van der Waals surface area contributed by atoms with Crippen LogP contribution in [0.1, 0.15) is 17.3 Å². The van der Waals surface area contributed by atoms with Gasteiger partial charge >= 0.3 is 0 Å². The third-order valence-electron chi connectivity index (χ3n) is 3.38. The van der Waals surface area contributed by atoms with Gasteiger partial charge in [0.25, 0.3) is 0 Å². The zero-order valence-electron chi connectivity index (χ0n) is 13.1. The topological polar surface area (TPSA) is 114 Å². The second kappa shape index (κ2) is 7.12.